The second-order valence-corrected chi connectivity index (χ2v) is 6.04. The summed E-state index contributed by atoms with van der Waals surface area (Å²) in [4.78, 5) is 13.5. The highest BCUT2D eigenvalue weighted by atomic mass is 19.3. The van der Waals surface area contributed by atoms with E-state index in [1.165, 1.54) is 4.90 Å². The molecule has 0 aromatic carbocycles. The normalized spacial score (nSPS) is 31.5. The average molecular weight is 247 g/mol. The summed E-state index contributed by atoms with van der Waals surface area (Å²) < 4.78 is 32.0. The second kappa shape index (κ2) is 3.82. The van der Waals surface area contributed by atoms with Gasteiger partial charge < -0.3 is 9.64 Å². The number of fused-ring (bicyclic) bond motifs is 2. The lowest BCUT2D eigenvalue weighted by Crippen LogP contribution is -2.51. The van der Waals surface area contributed by atoms with E-state index >= 15 is 0 Å². The minimum Gasteiger partial charge on any atom is -0.444 e. The van der Waals surface area contributed by atoms with Gasteiger partial charge in [-0.15, -0.1) is 0 Å². The van der Waals surface area contributed by atoms with Gasteiger partial charge in [-0.2, -0.15) is 0 Å². The Bertz CT molecular complexity index is 309. The maximum Gasteiger partial charge on any atom is 0.410 e. The van der Waals surface area contributed by atoms with Crippen LogP contribution in [0.25, 0.3) is 0 Å². The van der Waals surface area contributed by atoms with Crippen LogP contribution in [0.4, 0.5) is 13.6 Å². The molecule has 2 bridgehead atoms. The van der Waals surface area contributed by atoms with Crippen molar-refractivity contribution in [1.82, 2.24) is 4.90 Å². The summed E-state index contributed by atoms with van der Waals surface area (Å²) in [5.74, 6) is -2.62. The number of alkyl halides is 2. The molecule has 3 nitrogen and oxygen atoms in total. The molecule has 2 rings (SSSR count). The SMILES string of the molecule is CC(C)(C)OC(=O)N1C2CCC1CC(F)(F)C2. The molecule has 1 amide bonds. The molecule has 2 unspecified atom stereocenters. The number of amides is 1. The first-order chi connectivity index (χ1) is 7.68. The molecule has 0 saturated carbocycles. The van der Waals surface area contributed by atoms with Crippen LogP contribution in [-0.2, 0) is 4.74 Å². The molecule has 2 saturated heterocycles. The number of rotatable bonds is 0. The molecular formula is C12H19F2NO2. The van der Waals surface area contributed by atoms with Crippen molar-refractivity contribution in [3.63, 3.8) is 0 Å². The Labute approximate surface area is 100 Å². The highest BCUT2D eigenvalue weighted by Gasteiger charge is 2.51. The third-order valence-corrected chi connectivity index (χ3v) is 3.29. The zero-order chi connectivity index (χ0) is 12.8. The van der Waals surface area contributed by atoms with Crippen LogP contribution in [-0.4, -0.2) is 34.6 Å². The molecule has 2 aliphatic rings. The van der Waals surface area contributed by atoms with Crippen molar-refractivity contribution in [2.75, 3.05) is 0 Å². The van der Waals surface area contributed by atoms with E-state index in [4.69, 9.17) is 4.74 Å². The molecular weight excluding hydrogens is 228 g/mol. The molecule has 0 aliphatic carbocycles. The van der Waals surface area contributed by atoms with Crippen molar-refractivity contribution in [3.8, 4) is 0 Å². The fraction of sp³-hybridized carbons (Fsp3) is 0.917. The van der Waals surface area contributed by atoms with E-state index in [-0.39, 0.29) is 24.9 Å². The van der Waals surface area contributed by atoms with Crippen LogP contribution < -0.4 is 0 Å². The van der Waals surface area contributed by atoms with Gasteiger partial charge in [0.25, 0.3) is 5.92 Å². The van der Waals surface area contributed by atoms with Gasteiger partial charge in [-0.05, 0) is 33.6 Å². The monoisotopic (exact) mass is 247 g/mol. The van der Waals surface area contributed by atoms with Crippen molar-refractivity contribution in [2.45, 2.75) is 70.1 Å². The van der Waals surface area contributed by atoms with Crippen molar-refractivity contribution >= 4 is 6.09 Å². The largest absolute Gasteiger partial charge is 0.444 e. The summed E-state index contributed by atoms with van der Waals surface area (Å²) in [5.41, 5.74) is -0.573. The number of hydrogen-bond acceptors (Lipinski definition) is 2. The van der Waals surface area contributed by atoms with Gasteiger partial charge in [-0.25, -0.2) is 13.6 Å². The highest BCUT2D eigenvalue weighted by Crippen LogP contribution is 2.43. The molecule has 5 heteroatoms. The summed E-state index contributed by atoms with van der Waals surface area (Å²) in [6, 6.07) is -0.697. The standard InChI is InChI=1S/C12H19F2NO2/c1-11(2,3)17-10(16)15-8-4-5-9(15)7-12(13,14)6-8/h8-9H,4-7H2,1-3H3. The van der Waals surface area contributed by atoms with Crippen LogP contribution in [0.1, 0.15) is 46.5 Å². The van der Waals surface area contributed by atoms with E-state index in [0.717, 1.165) is 0 Å². The van der Waals surface area contributed by atoms with Crippen LogP contribution in [0.2, 0.25) is 0 Å². The fourth-order valence-corrected chi connectivity index (χ4v) is 2.75. The van der Waals surface area contributed by atoms with Crippen molar-refractivity contribution in [3.05, 3.63) is 0 Å². The van der Waals surface area contributed by atoms with Gasteiger partial charge in [0.15, 0.2) is 0 Å². The van der Waals surface area contributed by atoms with Gasteiger partial charge >= 0.3 is 6.09 Å². The molecule has 0 aromatic heterocycles. The maximum absolute atomic E-state index is 13.3. The van der Waals surface area contributed by atoms with Gasteiger partial charge in [-0.1, -0.05) is 0 Å². The van der Waals surface area contributed by atoms with E-state index in [9.17, 15) is 13.6 Å². The lowest BCUT2D eigenvalue weighted by Gasteiger charge is -2.39. The van der Waals surface area contributed by atoms with Crippen molar-refractivity contribution in [2.24, 2.45) is 0 Å². The molecule has 2 fully saturated rings. The lowest BCUT2D eigenvalue weighted by molar-refractivity contribution is -0.0837. The Kier molecular flexibility index (Phi) is 2.83. The van der Waals surface area contributed by atoms with Crippen LogP contribution in [0.5, 0.6) is 0 Å². The summed E-state index contributed by atoms with van der Waals surface area (Å²) in [6.45, 7) is 5.35. The van der Waals surface area contributed by atoms with Crippen LogP contribution in [0.15, 0.2) is 0 Å². The number of carbonyl (C=O) groups excluding carboxylic acids is 1. The first kappa shape index (κ1) is 12.6. The van der Waals surface area contributed by atoms with Crippen LogP contribution >= 0.6 is 0 Å². The highest BCUT2D eigenvalue weighted by molar-refractivity contribution is 5.69. The minimum absolute atomic E-state index is 0.220. The quantitative estimate of drug-likeness (QED) is 0.658. The number of halogens is 2. The molecule has 98 valence electrons. The molecule has 2 aliphatic heterocycles. The first-order valence-electron chi connectivity index (χ1n) is 6.07. The van der Waals surface area contributed by atoms with Crippen molar-refractivity contribution < 1.29 is 18.3 Å². The fourth-order valence-electron chi connectivity index (χ4n) is 2.75. The summed E-state index contributed by atoms with van der Waals surface area (Å²) in [7, 11) is 0. The Balaban J connectivity index is 2.07. The Morgan fingerprint density at radius 3 is 2.12 bits per heavy atom. The number of carbonyl (C=O) groups is 1. The maximum atomic E-state index is 13.3. The van der Waals surface area contributed by atoms with E-state index in [0.29, 0.717) is 12.8 Å². The lowest BCUT2D eigenvalue weighted by atomic mass is 9.99. The third-order valence-electron chi connectivity index (χ3n) is 3.29. The molecule has 0 aromatic rings. The molecule has 0 radical (unpaired) electrons. The summed E-state index contributed by atoms with van der Waals surface area (Å²) >= 11 is 0. The zero-order valence-electron chi connectivity index (χ0n) is 10.5. The Morgan fingerprint density at radius 1 is 1.24 bits per heavy atom. The van der Waals surface area contributed by atoms with Crippen molar-refractivity contribution in [1.29, 1.82) is 0 Å². The molecule has 0 spiro atoms. The second-order valence-electron chi connectivity index (χ2n) is 6.04. The Hall–Kier alpha value is -0.870. The number of nitrogens with zero attached hydrogens (tertiary/aromatic N) is 1. The summed E-state index contributed by atoms with van der Waals surface area (Å²) in [5, 5.41) is 0. The molecule has 0 N–H and O–H groups in total. The Morgan fingerprint density at radius 2 is 1.71 bits per heavy atom. The van der Waals surface area contributed by atoms with E-state index < -0.39 is 17.6 Å². The topological polar surface area (TPSA) is 29.5 Å². The number of hydrogen-bond donors (Lipinski definition) is 0. The first-order valence-corrected chi connectivity index (χ1v) is 6.07. The van der Waals surface area contributed by atoms with Crippen LogP contribution in [0.3, 0.4) is 0 Å². The zero-order valence-corrected chi connectivity index (χ0v) is 10.5. The van der Waals surface area contributed by atoms with Crippen LogP contribution in [0, 0.1) is 0 Å². The third kappa shape index (κ3) is 2.69. The molecule has 2 heterocycles. The predicted molar refractivity (Wildman–Crippen MR) is 59.1 cm³/mol. The van der Waals surface area contributed by atoms with Gasteiger partial charge in [0.05, 0.1) is 0 Å². The average Bonchev–Trinajstić information content (AvgIpc) is 2.35. The van der Waals surface area contributed by atoms with E-state index in [1.54, 1.807) is 20.8 Å². The smallest absolute Gasteiger partial charge is 0.410 e. The van der Waals surface area contributed by atoms with Gasteiger partial charge in [0.2, 0.25) is 0 Å². The minimum atomic E-state index is -2.62. The predicted octanol–water partition coefficient (Wildman–Crippen LogP) is 3.18. The van der Waals surface area contributed by atoms with Gasteiger partial charge in [-0.3, -0.25) is 0 Å². The summed E-state index contributed by atoms with van der Waals surface area (Å²) in [6.07, 6.45) is 0.449. The molecule has 2 atom stereocenters. The molecule has 17 heavy (non-hydrogen) atoms. The van der Waals surface area contributed by atoms with Gasteiger partial charge in [0, 0.05) is 24.9 Å². The number of piperidine rings is 1. The van der Waals surface area contributed by atoms with Gasteiger partial charge in [0.1, 0.15) is 5.60 Å². The van der Waals surface area contributed by atoms with E-state index in [2.05, 4.69) is 0 Å². The van der Waals surface area contributed by atoms with E-state index in [1.807, 2.05) is 0 Å². The number of ether oxygens (including phenoxy) is 1.